The topological polar surface area (TPSA) is 60.7 Å². The van der Waals surface area contributed by atoms with Crippen LogP contribution in [0.3, 0.4) is 0 Å². The number of rotatable bonds is 5. The number of carbonyl (C=O) groups is 1. The van der Waals surface area contributed by atoms with Crippen molar-refractivity contribution in [2.45, 2.75) is 19.9 Å². The maximum absolute atomic E-state index is 13.8. The molecule has 1 aliphatic rings. The Bertz CT molecular complexity index is 1650. The molecule has 5 rings (SSSR count). The zero-order valence-electron chi connectivity index (χ0n) is 19.8. The fourth-order valence-electron chi connectivity index (χ4n) is 4.24. The Morgan fingerprint density at radius 1 is 1.08 bits per heavy atom. The number of thiazole rings is 1. The Hall–Kier alpha value is -3.55. The summed E-state index contributed by atoms with van der Waals surface area (Å²) >= 11 is 4.89. The molecule has 0 unspecified atom stereocenters. The van der Waals surface area contributed by atoms with Crippen molar-refractivity contribution in [3.63, 3.8) is 0 Å². The highest BCUT2D eigenvalue weighted by molar-refractivity contribution is 9.10. The smallest absolute Gasteiger partial charge is 0.338 e. The molecule has 0 N–H and O–H groups in total. The Kier molecular flexibility index (Phi) is 6.85. The van der Waals surface area contributed by atoms with Gasteiger partial charge in [0.2, 0.25) is 0 Å². The highest BCUT2D eigenvalue weighted by Gasteiger charge is 2.35. The highest BCUT2D eigenvalue weighted by Crippen LogP contribution is 2.35. The molecule has 1 atom stereocenters. The molecule has 3 aromatic carbocycles. The van der Waals surface area contributed by atoms with Gasteiger partial charge in [0.25, 0.3) is 5.56 Å². The van der Waals surface area contributed by atoms with E-state index in [0.717, 1.165) is 26.7 Å². The van der Waals surface area contributed by atoms with E-state index in [2.05, 4.69) is 15.9 Å². The summed E-state index contributed by atoms with van der Waals surface area (Å²) in [7, 11) is 0. The molecule has 2 heterocycles. The molecule has 7 heteroatoms. The first kappa shape index (κ1) is 24.2. The summed E-state index contributed by atoms with van der Waals surface area (Å²) < 4.78 is 8.62. The molecule has 1 aliphatic heterocycles. The van der Waals surface area contributed by atoms with Crippen LogP contribution >= 0.6 is 27.3 Å². The second kappa shape index (κ2) is 10.2. The normalized spacial score (nSPS) is 15.4. The number of aryl methyl sites for hydroxylation is 1. The largest absolute Gasteiger partial charge is 0.463 e. The van der Waals surface area contributed by atoms with E-state index in [0.29, 0.717) is 20.6 Å². The van der Waals surface area contributed by atoms with E-state index in [1.54, 1.807) is 11.5 Å². The fourth-order valence-corrected chi connectivity index (χ4v) is 5.64. The van der Waals surface area contributed by atoms with E-state index >= 15 is 0 Å². The van der Waals surface area contributed by atoms with E-state index in [1.165, 1.54) is 11.3 Å². The van der Waals surface area contributed by atoms with Gasteiger partial charge >= 0.3 is 5.97 Å². The Morgan fingerprint density at radius 2 is 1.78 bits per heavy atom. The third-order valence-electron chi connectivity index (χ3n) is 5.98. The van der Waals surface area contributed by atoms with Gasteiger partial charge in [-0.25, -0.2) is 9.79 Å². The van der Waals surface area contributed by atoms with E-state index in [-0.39, 0.29) is 12.2 Å². The molecular weight excluding hydrogens is 536 g/mol. The third kappa shape index (κ3) is 4.52. The number of nitrogens with zero attached hydrogens (tertiary/aromatic N) is 2. The number of hydrogen-bond donors (Lipinski definition) is 0. The van der Waals surface area contributed by atoms with Crippen LogP contribution in [0, 0.1) is 6.92 Å². The molecule has 0 amide bonds. The molecule has 1 aromatic heterocycles. The molecule has 0 saturated carbocycles. The van der Waals surface area contributed by atoms with Crippen LogP contribution in [0.15, 0.2) is 98.7 Å². The van der Waals surface area contributed by atoms with Gasteiger partial charge in [-0.15, -0.1) is 0 Å². The number of aromatic nitrogens is 1. The standard InChI is InChI=1S/C29H23BrN2O3S/c1-3-35-28(34)24-25(20-10-6-4-7-11-20)31-29-32(26(24)21-12-8-5-9-13-21)27(33)23(36-29)17-19-15-14-18(2)22(30)16-19/h4-17,26H,3H2,1-2H3/b23-17-/t26-/m0/s1. The average molecular weight is 559 g/mol. The molecule has 36 heavy (non-hydrogen) atoms. The minimum absolute atomic E-state index is 0.196. The molecule has 0 radical (unpaired) electrons. The monoisotopic (exact) mass is 558 g/mol. The van der Waals surface area contributed by atoms with Crippen molar-refractivity contribution < 1.29 is 9.53 Å². The van der Waals surface area contributed by atoms with E-state index < -0.39 is 12.0 Å². The second-order valence-electron chi connectivity index (χ2n) is 8.35. The van der Waals surface area contributed by atoms with Gasteiger partial charge in [-0.1, -0.05) is 100 Å². The van der Waals surface area contributed by atoms with E-state index in [9.17, 15) is 9.59 Å². The SMILES string of the molecule is CCOC(=O)C1=C(c2ccccc2)N=c2s/c(=C\c3ccc(C)c(Br)c3)c(=O)n2[C@H]1c1ccccc1. The van der Waals surface area contributed by atoms with Gasteiger partial charge in [0.1, 0.15) is 0 Å². The molecule has 0 bridgehead atoms. The molecule has 0 aliphatic carbocycles. The van der Waals surface area contributed by atoms with Crippen molar-refractivity contribution in [2.75, 3.05) is 6.61 Å². The number of fused-ring (bicyclic) bond motifs is 1. The van der Waals surface area contributed by atoms with Crippen LogP contribution in [0.25, 0.3) is 11.8 Å². The summed E-state index contributed by atoms with van der Waals surface area (Å²) in [5, 5.41) is 0. The molecule has 4 aromatic rings. The fraction of sp³-hybridized carbons (Fsp3) is 0.138. The van der Waals surface area contributed by atoms with Crippen molar-refractivity contribution in [1.29, 1.82) is 0 Å². The number of carbonyl (C=O) groups excluding carboxylic acids is 1. The molecule has 0 fully saturated rings. The molecule has 0 spiro atoms. The number of halogens is 1. The van der Waals surface area contributed by atoms with Gasteiger partial charge in [-0.2, -0.15) is 0 Å². The van der Waals surface area contributed by atoms with Crippen LogP contribution in [0.1, 0.15) is 35.2 Å². The van der Waals surface area contributed by atoms with E-state index in [1.807, 2.05) is 91.9 Å². The second-order valence-corrected chi connectivity index (χ2v) is 10.2. The lowest BCUT2D eigenvalue weighted by Gasteiger charge is -2.25. The van der Waals surface area contributed by atoms with Crippen molar-refractivity contribution in [2.24, 2.45) is 4.99 Å². The summed E-state index contributed by atoms with van der Waals surface area (Å²) in [6.07, 6.45) is 1.87. The molecule has 5 nitrogen and oxygen atoms in total. The Balaban J connectivity index is 1.82. The highest BCUT2D eigenvalue weighted by atomic mass is 79.9. The van der Waals surface area contributed by atoms with Crippen LogP contribution in [0.5, 0.6) is 0 Å². The first-order chi connectivity index (χ1) is 17.5. The Morgan fingerprint density at radius 3 is 2.44 bits per heavy atom. The van der Waals surface area contributed by atoms with Crippen molar-refractivity contribution in [1.82, 2.24) is 4.57 Å². The van der Waals surface area contributed by atoms with Crippen molar-refractivity contribution >= 4 is 45.0 Å². The first-order valence-corrected chi connectivity index (χ1v) is 13.2. The number of benzene rings is 3. The molecule has 0 saturated heterocycles. The van der Waals surface area contributed by atoms with Crippen LogP contribution in [-0.4, -0.2) is 17.1 Å². The number of esters is 1. The van der Waals surface area contributed by atoms with Gasteiger partial charge < -0.3 is 4.74 Å². The van der Waals surface area contributed by atoms with Crippen LogP contribution < -0.4 is 14.9 Å². The van der Waals surface area contributed by atoms with Crippen LogP contribution in [0.4, 0.5) is 0 Å². The summed E-state index contributed by atoms with van der Waals surface area (Å²) in [4.78, 5) is 32.6. The summed E-state index contributed by atoms with van der Waals surface area (Å²) in [5.41, 5.74) is 4.31. The molecular formula is C29H23BrN2O3S. The maximum atomic E-state index is 13.8. The Labute approximate surface area is 220 Å². The minimum Gasteiger partial charge on any atom is -0.463 e. The summed E-state index contributed by atoms with van der Waals surface area (Å²) in [6, 6.07) is 24.4. The number of hydrogen-bond acceptors (Lipinski definition) is 5. The third-order valence-corrected chi connectivity index (χ3v) is 7.82. The predicted octanol–water partition coefficient (Wildman–Crippen LogP) is 5.01. The summed E-state index contributed by atoms with van der Waals surface area (Å²) in [5.74, 6) is -0.481. The quantitative estimate of drug-likeness (QED) is 0.323. The zero-order valence-corrected chi connectivity index (χ0v) is 22.2. The van der Waals surface area contributed by atoms with Crippen LogP contribution in [0.2, 0.25) is 0 Å². The lowest BCUT2D eigenvalue weighted by Crippen LogP contribution is -2.39. The zero-order chi connectivity index (χ0) is 25.2. The lowest BCUT2D eigenvalue weighted by atomic mass is 9.93. The predicted molar refractivity (Wildman–Crippen MR) is 146 cm³/mol. The average Bonchev–Trinajstić information content (AvgIpc) is 3.21. The molecule has 180 valence electrons. The van der Waals surface area contributed by atoms with Gasteiger partial charge in [0, 0.05) is 10.0 Å². The van der Waals surface area contributed by atoms with Crippen molar-refractivity contribution in [3.8, 4) is 0 Å². The van der Waals surface area contributed by atoms with E-state index in [4.69, 9.17) is 9.73 Å². The van der Waals surface area contributed by atoms with Crippen molar-refractivity contribution in [3.05, 3.63) is 131 Å². The van der Waals surface area contributed by atoms with Crippen LogP contribution in [-0.2, 0) is 9.53 Å². The lowest BCUT2D eigenvalue weighted by molar-refractivity contribution is -0.138. The number of ether oxygens (including phenoxy) is 1. The van der Waals surface area contributed by atoms with Gasteiger partial charge in [-0.3, -0.25) is 9.36 Å². The minimum atomic E-state index is -0.663. The van der Waals surface area contributed by atoms with Gasteiger partial charge in [0.15, 0.2) is 4.80 Å². The maximum Gasteiger partial charge on any atom is 0.338 e. The summed E-state index contributed by atoms with van der Waals surface area (Å²) in [6.45, 7) is 4.01. The first-order valence-electron chi connectivity index (χ1n) is 11.6. The van der Waals surface area contributed by atoms with Gasteiger partial charge in [0.05, 0.1) is 28.5 Å². The van der Waals surface area contributed by atoms with Gasteiger partial charge in [-0.05, 0) is 42.7 Å².